The summed E-state index contributed by atoms with van der Waals surface area (Å²) in [6, 6.07) is 7.42. The highest BCUT2D eigenvalue weighted by Crippen LogP contribution is 2.12. The van der Waals surface area contributed by atoms with E-state index in [1.54, 1.807) is 6.08 Å². The Morgan fingerprint density at radius 2 is 2.15 bits per heavy atom. The lowest BCUT2D eigenvalue weighted by molar-refractivity contribution is -0.131. The summed E-state index contributed by atoms with van der Waals surface area (Å²) in [4.78, 5) is 10.3. The van der Waals surface area contributed by atoms with Crippen LogP contribution in [0.25, 0.3) is 6.08 Å². The minimum atomic E-state index is -0.954. The highest BCUT2D eigenvalue weighted by Gasteiger charge is 1.96. The van der Waals surface area contributed by atoms with Crippen molar-refractivity contribution in [2.75, 3.05) is 0 Å². The number of aliphatic carboxylic acids is 1. The molecule has 0 saturated heterocycles. The van der Waals surface area contributed by atoms with Crippen molar-refractivity contribution in [2.45, 2.75) is 5.88 Å². The lowest BCUT2D eigenvalue weighted by atomic mass is 10.1. The summed E-state index contributed by atoms with van der Waals surface area (Å²) in [7, 11) is 0. The number of benzene rings is 1. The van der Waals surface area contributed by atoms with Crippen LogP contribution in [0.2, 0.25) is 0 Å². The predicted octanol–water partition coefficient (Wildman–Crippen LogP) is 2.52. The maximum Gasteiger partial charge on any atom is 0.328 e. The van der Waals surface area contributed by atoms with E-state index >= 15 is 0 Å². The van der Waals surface area contributed by atoms with Crippen LogP contribution in [0.1, 0.15) is 11.1 Å². The zero-order chi connectivity index (χ0) is 9.68. The van der Waals surface area contributed by atoms with Crippen LogP contribution in [-0.2, 0) is 10.7 Å². The molecular weight excluding hydrogens is 188 g/mol. The summed E-state index contributed by atoms with van der Waals surface area (Å²) in [6.07, 6.45) is 2.64. The van der Waals surface area contributed by atoms with Crippen molar-refractivity contribution in [3.05, 3.63) is 41.5 Å². The van der Waals surface area contributed by atoms with Gasteiger partial charge in [0, 0.05) is 12.0 Å². The van der Waals surface area contributed by atoms with Crippen LogP contribution in [0.5, 0.6) is 0 Å². The molecular formula is C10H9ClO2. The van der Waals surface area contributed by atoms with Gasteiger partial charge in [-0.2, -0.15) is 0 Å². The Hall–Kier alpha value is -1.28. The molecule has 0 aliphatic carbocycles. The molecule has 1 rings (SSSR count). The highest BCUT2D eigenvalue weighted by atomic mass is 35.5. The standard InChI is InChI=1S/C10H9ClO2/c11-7-9-4-2-1-3-8(9)5-6-10(12)13/h1-6H,7H2,(H,12,13). The maximum absolute atomic E-state index is 10.3. The van der Waals surface area contributed by atoms with Gasteiger partial charge in [0.25, 0.3) is 0 Å². The highest BCUT2D eigenvalue weighted by molar-refractivity contribution is 6.17. The van der Waals surface area contributed by atoms with Crippen molar-refractivity contribution in [2.24, 2.45) is 0 Å². The van der Waals surface area contributed by atoms with Gasteiger partial charge >= 0.3 is 5.97 Å². The normalized spacial score (nSPS) is 10.5. The summed E-state index contributed by atoms with van der Waals surface area (Å²) >= 11 is 5.67. The summed E-state index contributed by atoms with van der Waals surface area (Å²) in [5, 5.41) is 8.42. The number of halogens is 1. The van der Waals surface area contributed by atoms with E-state index in [0.717, 1.165) is 17.2 Å². The van der Waals surface area contributed by atoms with Crippen LogP contribution < -0.4 is 0 Å². The van der Waals surface area contributed by atoms with Gasteiger partial charge in [-0.15, -0.1) is 11.6 Å². The first-order valence-electron chi connectivity index (χ1n) is 3.79. The van der Waals surface area contributed by atoms with E-state index in [-0.39, 0.29) is 0 Å². The van der Waals surface area contributed by atoms with E-state index in [2.05, 4.69) is 0 Å². The number of carboxylic acids is 1. The quantitative estimate of drug-likeness (QED) is 0.596. The molecule has 0 atom stereocenters. The van der Waals surface area contributed by atoms with Crippen molar-refractivity contribution in [3.8, 4) is 0 Å². The molecule has 0 aliphatic heterocycles. The zero-order valence-corrected chi connectivity index (χ0v) is 7.66. The molecule has 0 aliphatic rings. The van der Waals surface area contributed by atoms with E-state index in [9.17, 15) is 4.79 Å². The molecule has 0 saturated carbocycles. The lowest BCUT2D eigenvalue weighted by Crippen LogP contribution is -1.88. The molecule has 68 valence electrons. The van der Waals surface area contributed by atoms with Gasteiger partial charge in [-0.25, -0.2) is 4.79 Å². The third-order valence-corrected chi connectivity index (χ3v) is 1.89. The Morgan fingerprint density at radius 1 is 1.46 bits per heavy atom. The van der Waals surface area contributed by atoms with Crippen molar-refractivity contribution in [3.63, 3.8) is 0 Å². The van der Waals surface area contributed by atoms with Gasteiger partial charge < -0.3 is 5.11 Å². The van der Waals surface area contributed by atoms with Crippen molar-refractivity contribution in [1.82, 2.24) is 0 Å². The molecule has 1 N–H and O–H groups in total. The Labute approximate surface area is 81.5 Å². The van der Waals surface area contributed by atoms with E-state index in [0.29, 0.717) is 5.88 Å². The van der Waals surface area contributed by atoms with Gasteiger partial charge in [0.05, 0.1) is 0 Å². The molecule has 0 bridgehead atoms. The fraction of sp³-hybridized carbons (Fsp3) is 0.100. The fourth-order valence-corrected chi connectivity index (χ4v) is 1.22. The number of hydrogen-bond acceptors (Lipinski definition) is 1. The second-order valence-corrected chi connectivity index (χ2v) is 2.77. The van der Waals surface area contributed by atoms with E-state index in [1.165, 1.54) is 0 Å². The van der Waals surface area contributed by atoms with Gasteiger partial charge in [0.2, 0.25) is 0 Å². The summed E-state index contributed by atoms with van der Waals surface area (Å²) in [5.74, 6) is -0.565. The molecule has 0 amide bonds. The predicted molar refractivity (Wildman–Crippen MR) is 52.7 cm³/mol. The first-order chi connectivity index (χ1) is 6.24. The van der Waals surface area contributed by atoms with Gasteiger partial charge in [0.1, 0.15) is 0 Å². The number of carboxylic acid groups (broad SMARTS) is 1. The summed E-state index contributed by atoms with van der Waals surface area (Å²) in [6.45, 7) is 0. The summed E-state index contributed by atoms with van der Waals surface area (Å²) < 4.78 is 0. The average Bonchev–Trinajstić information content (AvgIpc) is 2.15. The molecule has 0 unspecified atom stereocenters. The average molecular weight is 197 g/mol. The molecule has 0 radical (unpaired) electrons. The van der Waals surface area contributed by atoms with Crippen LogP contribution >= 0.6 is 11.6 Å². The zero-order valence-electron chi connectivity index (χ0n) is 6.90. The smallest absolute Gasteiger partial charge is 0.328 e. The molecule has 0 heterocycles. The maximum atomic E-state index is 10.3. The third-order valence-electron chi connectivity index (χ3n) is 1.60. The van der Waals surface area contributed by atoms with Gasteiger partial charge in [0.15, 0.2) is 0 Å². The monoisotopic (exact) mass is 196 g/mol. The lowest BCUT2D eigenvalue weighted by Gasteiger charge is -1.99. The molecule has 3 heteroatoms. The SMILES string of the molecule is O=C(O)C=Cc1ccccc1CCl. The molecule has 2 nitrogen and oxygen atoms in total. The van der Waals surface area contributed by atoms with E-state index in [4.69, 9.17) is 16.7 Å². The van der Waals surface area contributed by atoms with Crippen LogP contribution in [-0.4, -0.2) is 11.1 Å². The first-order valence-corrected chi connectivity index (χ1v) is 4.32. The van der Waals surface area contributed by atoms with Crippen molar-refractivity contribution < 1.29 is 9.90 Å². The Morgan fingerprint density at radius 3 is 2.77 bits per heavy atom. The van der Waals surface area contributed by atoms with Crippen molar-refractivity contribution >= 4 is 23.6 Å². The topological polar surface area (TPSA) is 37.3 Å². The fourth-order valence-electron chi connectivity index (χ4n) is 0.980. The molecule has 1 aromatic rings. The Kier molecular flexibility index (Phi) is 3.53. The molecule has 1 aromatic carbocycles. The van der Waals surface area contributed by atoms with Crippen LogP contribution in [0.15, 0.2) is 30.3 Å². The number of hydrogen-bond donors (Lipinski definition) is 1. The number of rotatable bonds is 3. The van der Waals surface area contributed by atoms with E-state index < -0.39 is 5.97 Å². The molecule has 0 fully saturated rings. The Balaban J connectivity index is 2.93. The Bertz CT molecular complexity index is 331. The largest absolute Gasteiger partial charge is 0.478 e. The van der Waals surface area contributed by atoms with Crippen LogP contribution in [0, 0.1) is 0 Å². The van der Waals surface area contributed by atoms with Crippen LogP contribution in [0.4, 0.5) is 0 Å². The molecule has 13 heavy (non-hydrogen) atoms. The molecule has 0 aromatic heterocycles. The second kappa shape index (κ2) is 4.67. The van der Waals surface area contributed by atoms with E-state index in [1.807, 2.05) is 24.3 Å². The summed E-state index contributed by atoms with van der Waals surface area (Å²) in [5.41, 5.74) is 1.78. The second-order valence-electron chi connectivity index (χ2n) is 2.50. The van der Waals surface area contributed by atoms with Gasteiger partial charge in [-0.3, -0.25) is 0 Å². The number of carbonyl (C=O) groups is 1. The minimum Gasteiger partial charge on any atom is -0.478 e. The number of alkyl halides is 1. The van der Waals surface area contributed by atoms with Gasteiger partial charge in [-0.05, 0) is 17.2 Å². The van der Waals surface area contributed by atoms with Crippen molar-refractivity contribution in [1.29, 1.82) is 0 Å². The van der Waals surface area contributed by atoms with Gasteiger partial charge in [-0.1, -0.05) is 24.3 Å². The molecule has 0 spiro atoms. The minimum absolute atomic E-state index is 0.389. The third kappa shape index (κ3) is 2.92. The van der Waals surface area contributed by atoms with Crippen LogP contribution in [0.3, 0.4) is 0 Å². The first kappa shape index (κ1) is 9.81.